The van der Waals surface area contributed by atoms with E-state index in [-0.39, 0.29) is 6.61 Å². The molecular weight excluding hydrogens is 244 g/mol. The van der Waals surface area contributed by atoms with Crippen LogP contribution in [-0.4, -0.2) is 16.4 Å². The lowest BCUT2D eigenvalue weighted by molar-refractivity contribution is 0.111. The quantitative estimate of drug-likeness (QED) is 0.747. The van der Waals surface area contributed by atoms with Crippen LogP contribution in [0.5, 0.6) is 5.75 Å². The van der Waals surface area contributed by atoms with E-state index in [1.54, 1.807) is 6.07 Å². The number of ether oxygens (including phenoxy) is 1. The van der Waals surface area contributed by atoms with Crippen molar-refractivity contribution in [3.8, 4) is 5.75 Å². The number of aldehydes is 1. The zero-order valence-corrected chi connectivity index (χ0v) is 11.0. The van der Waals surface area contributed by atoms with E-state index in [9.17, 15) is 4.79 Å². The number of benzene rings is 1. The highest BCUT2D eigenvalue weighted by atomic mass is 16.5. The number of hydrogen-bond acceptors (Lipinski definition) is 5. The summed E-state index contributed by atoms with van der Waals surface area (Å²) in [6, 6.07) is 5.43. The van der Waals surface area contributed by atoms with Crippen LogP contribution in [0.15, 0.2) is 22.7 Å². The first-order valence-electron chi connectivity index (χ1n) is 6.23. The second kappa shape index (κ2) is 6.13. The summed E-state index contributed by atoms with van der Waals surface area (Å²) in [6.07, 6.45) is 2.49. The first-order chi connectivity index (χ1) is 9.24. The molecule has 19 heavy (non-hydrogen) atoms. The van der Waals surface area contributed by atoms with Crippen LogP contribution >= 0.6 is 0 Å². The molecule has 0 aliphatic rings. The molecule has 0 bridgehead atoms. The van der Waals surface area contributed by atoms with E-state index in [1.165, 1.54) is 0 Å². The molecule has 0 aliphatic carbocycles. The molecule has 5 nitrogen and oxygen atoms in total. The van der Waals surface area contributed by atoms with Gasteiger partial charge in [0.05, 0.1) is 5.56 Å². The van der Waals surface area contributed by atoms with Gasteiger partial charge in [-0.05, 0) is 25.0 Å². The summed E-state index contributed by atoms with van der Waals surface area (Å²) < 4.78 is 10.7. The molecule has 100 valence electrons. The minimum absolute atomic E-state index is 0.193. The van der Waals surface area contributed by atoms with Crippen LogP contribution in [0.4, 0.5) is 0 Å². The summed E-state index contributed by atoms with van der Waals surface area (Å²) >= 11 is 0. The van der Waals surface area contributed by atoms with Crippen molar-refractivity contribution >= 4 is 6.29 Å². The van der Waals surface area contributed by atoms with Gasteiger partial charge in [-0.25, -0.2) is 0 Å². The monoisotopic (exact) mass is 260 g/mol. The lowest BCUT2D eigenvalue weighted by atomic mass is 10.1. The van der Waals surface area contributed by atoms with Gasteiger partial charge in [0.25, 0.3) is 0 Å². The number of carbonyl (C=O) groups excluding carboxylic acids is 1. The predicted molar refractivity (Wildman–Crippen MR) is 69.2 cm³/mol. The van der Waals surface area contributed by atoms with Crippen molar-refractivity contribution in [3.63, 3.8) is 0 Å². The topological polar surface area (TPSA) is 65.2 Å². The normalized spacial score (nSPS) is 10.4. The Morgan fingerprint density at radius 1 is 1.42 bits per heavy atom. The summed E-state index contributed by atoms with van der Waals surface area (Å²) in [4.78, 5) is 15.2. The molecule has 2 rings (SSSR count). The Morgan fingerprint density at radius 3 is 3.00 bits per heavy atom. The van der Waals surface area contributed by atoms with Gasteiger partial charge in [0, 0.05) is 6.42 Å². The highest BCUT2D eigenvalue weighted by molar-refractivity contribution is 5.80. The smallest absolute Gasteiger partial charge is 0.226 e. The van der Waals surface area contributed by atoms with Crippen LogP contribution in [0.25, 0.3) is 0 Å². The fraction of sp³-hybridized carbons (Fsp3) is 0.357. The molecule has 0 unspecified atom stereocenters. The van der Waals surface area contributed by atoms with Crippen molar-refractivity contribution in [2.45, 2.75) is 33.3 Å². The minimum atomic E-state index is 0.193. The van der Waals surface area contributed by atoms with Crippen molar-refractivity contribution in [2.24, 2.45) is 0 Å². The number of aromatic nitrogens is 2. The molecule has 2 aromatic rings. The number of rotatable bonds is 6. The highest BCUT2D eigenvalue weighted by Crippen LogP contribution is 2.22. The van der Waals surface area contributed by atoms with Gasteiger partial charge < -0.3 is 9.26 Å². The maximum absolute atomic E-state index is 11.0. The van der Waals surface area contributed by atoms with E-state index in [0.717, 1.165) is 24.7 Å². The fourth-order valence-electron chi connectivity index (χ4n) is 1.77. The number of nitrogens with zero attached hydrogens (tertiary/aromatic N) is 2. The largest absolute Gasteiger partial charge is 0.484 e. The number of carbonyl (C=O) groups is 1. The van der Waals surface area contributed by atoms with Gasteiger partial charge in [0.2, 0.25) is 11.7 Å². The van der Waals surface area contributed by atoms with Crippen LogP contribution in [0, 0.1) is 6.92 Å². The molecule has 0 saturated carbocycles. The third-order valence-corrected chi connectivity index (χ3v) is 2.69. The third kappa shape index (κ3) is 3.19. The number of hydrogen-bond donors (Lipinski definition) is 0. The molecule has 0 N–H and O–H groups in total. The second-order valence-electron chi connectivity index (χ2n) is 4.25. The van der Waals surface area contributed by atoms with E-state index >= 15 is 0 Å². The predicted octanol–water partition coefficient (Wildman–Crippen LogP) is 2.72. The number of para-hydroxylation sites is 1. The van der Waals surface area contributed by atoms with Crippen molar-refractivity contribution in [1.82, 2.24) is 10.1 Å². The van der Waals surface area contributed by atoms with Gasteiger partial charge in [-0.2, -0.15) is 4.98 Å². The molecule has 0 amide bonds. The molecule has 0 fully saturated rings. The van der Waals surface area contributed by atoms with Crippen LogP contribution < -0.4 is 4.74 Å². The molecule has 0 saturated heterocycles. The molecule has 1 heterocycles. The highest BCUT2D eigenvalue weighted by Gasteiger charge is 2.10. The van der Waals surface area contributed by atoms with Gasteiger partial charge in [0.1, 0.15) is 5.75 Å². The average Bonchev–Trinajstić information content (AvgIpc) is 2.85. The van der Waals surface area contributed by atoms with Crippen LogP contribution in [0.2, 0.25) is 0 Å². The summed E-state index contributed by atoms with van der Waals surface area (Å²) in [7, 11) is 0. The first-order valence-corrected chi connectivity index (χ1v) is 6.23. The Bertz CT molecular complexity index is 564. The molecule has 0 aliphatic heterocycles. The summed E-state index contributed by atoms with van der Waals surface area (Å²) in [5, 5.41) is 3.84. The zero-order valence-electron chi connectivity index (χ0n) is 11.0. The van der Waals surface area contributed by atoms with Gasteiger partial charge in [-0.15, -0.1) is 0 Å². The van der Waals surface area contributed by atoms with Gasteiger partial charge in [-0.3, -0.25) is 4.79 Å². The maximum atomic E-state index is 11.0. The Kier molecular flexibility index (Phi) is 4.28. The Labute approximate surface area is 111 Å². The van der Waals surface area contributed by atoms with Gasteiger partial charge in [0.15, 0.2) is 12.9 Å². The average molecular weight is 260 g/mol. The standard InChI is InChI=1S/C14H16N2O3/c1-3-5-13-15-12(16-19-13)9-18-14-10(2)6-4-7-11(14)8-17/h4,6-8H,3,5,9H2,1-2H3. The summed E-state index contributed by atoms with van der Waals surface area (Å²) in [5.74, 6) is 1.67. The molecule has 0 spiro atoms. The minimum Gasteiger partial charge on any atom is -0.484 e. The van der Waals surface area contributed by atoms with E-state index in [2.05, 4.69) is 10.1 Å². The summed E-state index contributed by atoms with van der Waals surface area (Å²) in [5.41, 5.74) is 1.43. The zero-order chi connectivity index (χ0) is 13.7. The third-order valence-electron chi connectivity index (χ3n) is 2.69. The van der Waals surface area contributed by atoms with Crippen molar-refractivity contribution in [1.29, 1.82) is 0 Å². The maximum Gasteiger partial charge on any atom is 0.226 e. The fourth-order valence-corrected chi connectivity index (χ4v) is 1.77. The van der Waals surface area contributed by atoms with Crippen LogP contribution in [0.1, 0.15) is 41.0 Å². The van der Waals surface area contributed by atoms with E-state index in [0.29, 0.717) is 23.0 Å². The van der Waals surface area contributed by atoms with Crippen molar-refractivity contribution in [2.75, 3.05) is 0 Å². The first kappa shape index (κ1) is 13.3. The van der Waals surface area contributed by atoms with Crippen LogP contribution in [-0.2, 0) is 13.0 Å². The van der Waals surface area contributed by atoms with E-state index < -0.39 is 0 Å². The molecule has 0 atom stereocenters. The lowest BCUT2D eigenvalue weighted by Gasteiger charge is -2.08. The molecular formula is C14H16N2O3. The molecule has 1 aromatic heterocycles. The molecule has 1 aromatic carbocycles. The van der Waals surface area contributed by atoms with E-state index in [1.807, 2.05) is 26.0 Å². The molecule has 5 heteroatoms. The van der Waals surface area contributed by atoms with Gasteiger partial charge >= 0.3 is 0 Å². The Hall–Kier alpha value is -2.17. The SMILES string of the molecule is CCCc1nc(COc2c(C)cccc2C=O)no1. The second-order valence-corrected chi connectivity index (χ2v) is 4.25. The molecule has 0 radical (unpaired) electrons. The van der Waals surface area contributed by atoms with Crippen LogP contribution in [0.3, 0.4) is 0 Å². The van der Waals surface area contributed by atoms with Crippen molar-refractivity contribution < 1.29 is 14.1 Å². The lowest BCUT2D eigenvalue weighted by Crippen LogP contribution is -2.01. The van der Waals surface area contributed by atoms with E-state index in [4.69, 9.17) is 9.26 Å². The Morgan fingerprint density at radius 2 is 2.26 bits per heavy atom. The van der Waals surface area contributed by atoms with Crippen molar-refractivity contribution in [3.05, 3.63) is 41.0 Å². The Balaban J connectivity index is 2.07. The summed E-state index contributed by atoms with van der Waals surface area (Å²) in [6.45, 7) is 4.13. The number of aryl methyl sites for hydroxylation is 2. The van der Waals surface area contributed by atoms with Gasteiger partial charge in [-0.1, -0.05) is 24.2 Å².